The lowest BCUT2D eigenvalue weighted by molar-refractivity contribution is -0.137. The smallest absolute Gasteiger partial charge is 0.323 e. The number of aliphatic carboxylic acids is 1. The second-order valence-corrected chi connectivity index (χ2v) is 3.70. The summed E-state index contributed by atoms with van der Waals surface area (Å²) in [6.45, 7) is 1.61. The minimum atomic E-state index is -0.920. The first-order valence-electron chi connectivity index (χ1n) is 5.08. The molecule has 0 spiro atoms. The molecule has 0 atom stereocenters. The molecular weight excluding hydrogens is 223 g/mol. The standard InChI is InChI=1S/C12H11FN2O2/c1-8-14-11(6-15(8)7-12(16)17)9-2-4-10(13)5-3-9/h2-6H,7H2,1H3,(H,16,17). The molecule has 1 aromatic carbocycles. The normalized spacial score (nSPS) is 10.5. The molecule has 0 radical (unpaired) electrons. The highest BCUT2D eigenvalue weighted by atomic mass is 19.1. The van der Waals surface area contributed by atoms with Crippen LogP contribution < -0.4 is 0 Å². The molecule has 0 saturated carbocycles. The number of rotatable bonds is 3. The number of benzene rings is 1. The topological polar surface area (TPSA) is 55.1 Å². The van der Waals surface area contributed by atoms with Crippen LogP contribution in [0.15, 0.2) is 30.5 Å². The molecule has 1 heterocycles. The number of carbonyl (C=O) groups is 1. The van der Waals surface area contributed by atoms with Gasteiger partial charge >= 0.3 is 5.97 Å². The quantitative estimate of drug-likeness (QED) is 0.884. The first-order chi connectivity index (χ1) is 8.06. The summed E-state index contributed by atoms with van der Waals surface area (Å²) in [5, 5.41) is 8.71. The van der Waals surface area contributed by atoms with E-state index in [0.717, 1.165) is 5.56 Å². The highest BCUT2D eigenvalue weighted by Gasteiger charge is 2.08. The lowest BCUT2D eigenvalue weighted by Crippen LogP contribution is -2.08. The molecule has 17 heavy (non-hydrogen) atoms. The van der Waals surface area contributed by atoms with Crippen LogP contribution in [-0.2, 0) is 11.3 Å². The first kappa shape index (κ1) is 11.3. The molecule has 4 nitrogen and oxygen atoms in total. The van der Waals surface area contributed by atoms with E-state index in [1.165, 1.54) is 12.1 Å². The number of imidazole rings is 1. The summed E-state index contributed by atoms with van der Waals surface area (Å²) in [5.41, 5.74) is 1.40. The Balaban J connectivity index is 2.34. The van der Waals surface area contributed by atoms with Crippen molar-refractivity contribution in [3.63, 3.8) is 0 Å². The molecule has 0 bridgehead atoms. The van der Waals surface area contributed by atoms with E-state index in [1.54, 1.807) is 29.8 Å². The summed E-state index contributed by atoms with van der Waals surface area (Å²) >= 11 is 0. The maximum absolute atomic E-state index is 12.8. The maximum atomic E-state index is 12.8. The van der Waals surface area contributed by atoms with Crippen LogP contribution >= 0.6 is 0 Å². The van der Waals surface area contributed by atoms with Crippen LogP contribution in [0.4, 0.5) is 4.39 Å². The minimum absolute atomic E-state index is 0.125. The average Bonchev–Trinajstić information content (AvgIpc) is 2.60. The summed E-state index contributed by atoms with van der Waals surface area (Å²) in [5.74, 6) is -0.613. The highest BCUT2D eigenvalue weighted by Crippen LogP contribution is 2.18. The fraction of sp³-hybridized carbons (Fsp3) is 0.167. The summed E-state index contributed by atoms with van der Waals surface area (Å²) in [6.07, 6.45) is 1.65. The predicted molar refractivity (Wildman–Crippen MR) is 60.0 cm³/mol. The van der Waals surface area contributed by atoms with Crippen LogP contribution in [0.25, 0.3) is 11.3 Å². The summed E-state index contributed by atoms with van der Waals surface area (Å²) in [4.78, 5) is 14.9. The summed E-state index contributed by atoms with van der Waals surface area (Å²) in [6, 6.07) is 5.92. The van der Waals surface area contributed by atoms with Crippen molar-refractivity contribution >= 4 is 5.97 Å². The number of aryl methyl sites for hydroxylation is 1. The van der Waals surface area contributed by atoms with Crippen LogP contribution in [0.1, 0.15) is 5.82 Å². The highest BCUT2D eigenvalue weighted by molar-refractivity contribution is 5.67. The van der Waals surface area contributed by atoms with E-state index in [9.17, 15) is 9.18 Å². The van der Waals surface area contributed by atoms with Crippen molar-refractivity contribution in [2.45, 2.75) is 13.5 Å². The fourth-order valence-electron chi connectivity index (χ4n) is 1.57. The number of halogens is 1. The molecule has 0 saturated heterocycles. The summed E-state index contributed by atoms with van der Waals surface area (Å²) in [7, 11) is 0. The molecule has 2 aromatic rings. The molecule has 0 unspecified atom stereocenters. The molecule has 88 valence electrons. The second-order valence-electron chi connectivity index (χ2n) is 3.70. The van der Waals surface area contributed by atoms with E-state index in [4.69, 9.17) is 5.11 Å². The Morgan fingerprint density at radius 2 is 2.06 bits per heavy atom. The van der Waals surface area contributed by atoms with Gasteiger partial charge in [0.05, 0.1) is 5.69 Å². The number of hydrogen-bond acceptors (Lipinski definition) is 2. The van der Waals surface area contributed by atoms with E-state index < -0.39 is 5.97 Å². The largest absolute Gasteiger partial charge is 0.480 e. The van der Waals surface area contributed by atoms with E-state index in [1.807, 2.05) is 0 Å². The number of carboxylic acids is 1. The molecule has 0 aliphatic carbocycles. The van der Waals surface area contributed by atoms with E-state index >= 15 is 0 Å². The van der Waals surface area contributed by atoms with Crippen LogP contribution in [0.3, 0.4) is 0 Å². The van der Waals surface area contributed by atoms with Gasteiger partial charge in [0.25, 0.3) is 0 Å². The lowest BCUT2D eigenvalue weighted by atomic mass is 10.2. The van der Waals surface area contributed by atoms with Gasteiger partial charge in [0, 0.05) is 11.8 Å². The Labute approximate surface area is 97.3 Å². The Morgan fingerprint density at radius 1 is 1.41 bits per heavy atom. The SMILES string of the molecule is Cc1nc(-c2ccc(F)cc2)cn1CC(=O)O. The Kier molecular flexibility index (Phi) is 2.91. The van der Waals surface area contributed by atoms with Gasteiger partial charge in [-0.05, 0) is 31.2 Å². The zero-order valence-corrected chi connectivity index (χ0v) is 9.22. The number of aromatic nitrogens is 2. The Hall–Kier alpha value is -2.17. The van der Waals surface area contributed by atoms with E-state index in [-0.39, 0.29) is 12.4 Å². The third-order valence-electron chi connectivity index (χ3n) is 2.42. The zero-order chi connectivity index (χ0) is 12.4. The average molecular weight is 234 g/mol. The van der Waals surface area contributed by atoms with Crippen molar-refractivity contribution in [3.05, 3.63) is 42.1 Å². The van der Waals surface area contributed by atoms with E-state index in [2.05, 4.69) is 4.98 Å². The van der Waals surface area contributed by atoms with Gasteiger partial charge in [0.1, 0.15) is 18.2 Å². The minimum Gasteiger partial charge on any atom is -0.480 e. The third-order valence-corrected chi connectivity index (χ3v) is 2.42. The molecule has 5 heteroatoms. The van der Waals surface area contributed by atoms with Crippen molar-refractivity contribution in [1.82, 2.24) is 9.55 Å². The van der Waals surface area contributed by atoms with Crippen molar-refractivity contribution in [2.75, 3.05) is 0 Å². The van der Waals surface area contributed by atoms with E-state index in [0.29, 0.717) is 11.5 Å². The van der Waals surface area contributed by atoms with Gasteiger partial charge in [-0.25, -0.2) is 9.37 Å². The number of nitrogens with zero attached hydrogens (tertiary/aromatic N) is 2. The van der Waals surface area contributed by atoms with Gasteiger partial charge in [0.2, 0.25) is 0 Å². The first-order valence-corrected chi connectivity index (χ1v) is 5.08. The molecule has 0 aliphatic heterocycles. The molecule has 0 aliphatic rings. The molecule has 1 N–H and O–H groups in total. The molecule has 0 amide bonds. The Morgan fingerprint density at radius 3 is 2.65 bits per heavy atom. The third kappa shape index (κ3) is 2.50. The van der Waals surface area contributed by atoms with Gasteiger partial charge < -0.3 is 9.67 Å². The fourth-order valence-corrected chi connectivity index (χ4v) is 1.57. The van der Waals surface area contributed by atoms with Gasteiger partial charge in [-0.15, -0.1) is 0 Å². The van der Waals surface area contributed by atoms with Gasteiger partial charge in [-0.1, -0.05) is 0 Å². The number of carboxylic acid groups (broad SMARTS) is 1. The van der Waals surface area contributed by atoms with Gasteiger partial charge in [0.15, 0.2) is 0 Å². The monoisotopic (exact) mass is 234 g/mol. The van der Waals surface area contributed by atoms with Gasteiger partial charge in [-0.3, -0.25) is 4.79 Å². The zero-order valence-electron chi connectivity index (χ0n) is 9.22. The summed E-state index contributed by atoms with van der Waals surface area (Å²) < 4.78 is 14.3. The molecule has 1 aromatic heterocycles. The maximum Gasteiger partial charge on any atom is 0.323 e. The number of hydrogen-bond donors (Lipinski definition) is 1. The van der Waals surface area contributed by atoms with Crippen molar-refractivity contribution in [3.8, 4) is 11.3 Å². The van der Waals surface area contributed by atoms with Crippen LogP contribution in [0.2, 0.25) is 0 Å². The molecular formula is C12H11FN2O2. The van der Waals surface area contributed by atoms with Crippen molar-refractivity contribution < 1.29 is 14.3 Å². The van der Waals surface area contributed by atoms with Crippen molar-refractivity contribution in [2.24, 2.45) is 0 Å². The van der Waals surface area contributed by atoms with Gasteiger partial charge in [-0.2, -0.15) is 0 Å². The van der Waals surface area contributed by atoms with Crippen LogP contribution in [0, 0.1) is 12.7 Å². The molecule has 2 rings (SSSR count). The Bertz CT molecular complexity index is 546. The lowest BCUT2D eigenvalue weighted by Gasteiger charge is -1.98. The second kappa shape index (κ2) is 4.37. The predicted octanol–water partition coefficient (Wildman–Crippen LogP) is 2.08. The van der Waals surface area contributed by atoms with Crippen LogP contribution in [-0.4, -0.2) is 20.6 Å². The molecule has 0 fully saturated rings. The van der Waals surface area contributed by atoms with Crippen LogP contribution in [0.5, 0.6) is 0 Å². The van der Waals surface area contributed by atoms with Crippen molar-refractivity contribution in [1.29, 1.82) is 0 Å².